The van der Waals surface area contributed by atoms with Crippen LogP contribution in [0.4, 0.5) is 5.69 Å². The first kappa shape index (κ1) is 13.9. The molecule has 106 valence electrons. The maximum Gasteiger partial charge on any atom is 0.263 e. The van der Waals surface area contributed by atoms with Crippen LogP contribution in [0.25, 0.3) is 10.8 Å². The quantitative estimate of drug-likeness (QED) is 0.801. The second-order valence-corrected chi connectivity index (χ2v) is 6.50. The SMILES string of the molecule is O=S(=O)(Nc1cccc2cnccc12)c1ccccc1Cl. The number of anilines is 1. The Hall–Kier alpha value is -2.11. The normalized spacial score (nSPS) is 11.5. The summed E-state index contributed by atoms with van der Waals surface area (Å²) < 4.78 is 27.5. The smallest absolute Gasteiger partial charge is 0.263 e. The van der Waals surface area contributed by atoms with Crippen LogP contribution in [0.1, 0.15) is 0 Å². The van der Waals surface area contributed by atoms with Crippen molar-refractivity contribution in [3.63, 3.8) is 0 Å². The van der Waals surface area contributed by atoms with Gasteiger partial charge in [0.2, 0.25) is 0 Å². The summed E-state index contributed by atoms with van der Waals surface area (Å²) in [6.07, 6.45) is 3.30. The Morgan fingerprint density at radius 3 is 2.62 bits per heavy atom. The Morgan fingerprint density at radius 2 is 1.81 bits per heavy atom. The van der Waals surface area contributed by atoms with Crippen LogP contribution in [0.5, 0.6) is 0 Å². The van der Waals surface area contributed by atoms with E-state index in [0.717, 1.165) is 10.8 Å². The molecule has 0 aliphatic rings. The van der Waals surface area contributed by atoms with Crippen LogP contribution in [0.2, 0.25) is 5.02 Å². The molecule has 6 heteroatoms. The lowest BCUT2D eigenvalue weighted by Crippen LogP contribution is -2.13. The summed E-state index contributed by atoms with van der Waals surface area (Å²) in [7, 11) is -3.74. The van der Waals surface area contributed by atoms with E-state index in [1.807, 2.05) is 6.07 Å². The molecule has 1 N–H and O–H groups in total. The Morgan fingerprint density at radius 1 is 1.00 bits per heavy atom. The Labute approximate surface area is 127 Å². The molecular weight excluding hydrogens is 308 g/mol. The number of fused-ring (bicyclic) bond motifs is 1. The van der Waals surface area contributed by atoms with E-state index >= 15 is 0 Å². The Bertz CT molecular complexity index is 905. The third-order valence-corrected chi connectivity index (χ3v) is 4.92. The summed E-state index contributed by atoms with van der Waals surface area (Å²) >= 11 is 5.96. The van der Waals surface area contributed by atoms with Crippen LogP contribution in [0, 0.1) is 0 Å². The molecular formula is C15H11ClN2O2S. The first-order valence-electron chi connectivity index (χ1n) is 6.18. The number of nitrogens with zero attached hydrogens (tertiary/aromatic N) is 1. The van der Waals surface area contributed by atoms with Gasteiger partial charge in [0.25, 0.3) is 10.0 Å². The molecule has 21 heavy (non-hydrogen) atoms. The van der Waals surface area contributed by atoms with Gasteiger partial charge in [-0.05, 0) is 24.3 Å². The summed E-state index contributed by atoms with van der Waals surface area (Å²) in [5, 5.41) is 1.83. The van der Waals surface area contributed by atoms with Crippen molar-refractivity contribution in [2.24, 2.45) is 0 Å². The molecule has 0 radical (unpaired) electrons. The topological polar surface area (TPSA) is 59.1 Å². The summed E-state index contributed by atoms with van der Waals surface area (Å²) in [5.74, 6) is 0. The lowest BCUT2D eigenvalue weighted by atomic mass is 10.1. The van der Waals surface area contributed by atoms with Gasteiger partial charge in [-0.15, -0.1) is 0 Å². The zero-order valence-corrected chi connectivity index (χ0v) is 12.4. The van der Waals surface area contributed by atoms with E-state index in [1.165, 1.54) is 6.07 Å². The summed E-state index contributed by atoms with van der Waals surface area (Å²) in [5.41, 5.74) is 0.495. The van der Waals surface area contributed by atoms with E-state index in [-0.39, 0.29) is 9.92 Å². The van der Waals surface area contributed by atoms with Crippen LogP contribution in [-0.4, -0.2) is 13.4 Å². The number of rotatable bonds is 3. The molecule has 0 unspecified atom stereocenters. The molecule has 3 rings (SSSR count). The van der Waals surface area contributed by atoms with Gasteiger partial charge in [0.05, 0.1) is 10.7 Å². The summed E-state index contributed by atoms with van der Waals surface area (Å²) in [6, 6.07) is 13.4. The second-order valence-electron chi connectivity index (χ2n) is 4.44. The summed E-state index contributed by atoms with van der Waals surface area (Å²) in [4.78, 5) is 4.08. The molecule has 0 amide bonds. The number of hydrogen-bond acceptors (Lipinski definition) is 3. The lowest BCUT2D eigenvalue weighted by molar-refractivity contribution is 0.601. The molecule has 0 bridgehead atoms. The third kappa shape index (κ3) is 2.70. The number of benzene rings is 2. The average Bonchev–Trinajstić information content (AvgIpc) is 2.47. The molecule has 4 nitrogen and oxygen atoms in total. The molecule has 0 aliphatic carbocycles. The van der Waals surface area contributed by atoms with Gasteiger partial charge < -0.3 is 0 Å². The minimum absolute atomic E-state index is 0.0534. The molecule has 0 fully saturated rings. The zero-order chi connectivity index (χ0) is 14.9. The van der Waals surface area contributed by atoms with Crippen molar-refractivity contribution in [1.82, 2.24) is 4.98 Å². The zero-order valence-electron chi connectivity index (χ0n) is 10.8. The highest BCUT2D eigenvalue weighted by molar-refractivity contribution is 7.92. The third-order valence-electron chi connectivity index (χ3n) is 3.05. The maximum absolute atomic E-state index is 12.5. The molecule has 1 aromatic heterocycles. The van der Waals surface area contributed by atoms with E-state index in [2.05, 4.69) is 9.71 Å². The van der Waals surface area contributed by atoms with E-state index in [9.17, 15) is 8.42 Å². The van der Waals surface area contributed by atoms with Gasteiger partial charge in [0.1, 0.15) is 4.90 Å². The fraction of sp³-hybridized carbons (Fsp3) is 0. The molecule has 0 saturated heterocycles. The van der Waals surface area contributed by atoms with Crippen molar-refractivity contribution < 1.29 is 8.42 Å². The number of halogens is 1. The molecule has 3 aromatic rings. The fourth-order valence-corrected chi connectivity index (χ4v) is 3.67. The van der Waals surface area contributed by atoms with Gasteiger partial charge in [-0.3, -0.25) is 9.71 Å². The highest BCUT2D eigenvalue weighted by Crippen LogP contribution is 2.27. The second kappa shape index (κ2) is 5.35. The van der Waals surface area contributed by atoms with E-state index < -0.39 is 10.0 Å². The van der Waals surface area contributed by atoms with Crippen molar-refractivity contribution in [2.45, 2.75) is 4.90 Å². The monoisotopic (exact) mass is 318 g/mol. The predicted octanol–water partition coefficient (Wildman–Crippen LogP) is 3.69. The minimum atomic E-state index is -3.74. The van der Waals surface area contributed by atoms with E-state index in [1.54, 1.807) is 48.8 Å². The highest BCUT2D eigenvalue weighted by Gasteiger charge is 2.18. The van der Waals surface area contributed by atoms with Crippen molar-refractivity contribution in [3.05, 3.63) is 65.9 Å². The lowest BCUT2D eigenvalue weighted by Gasteiger charge is -2.11. The van der Waals surface area contributed by atoms with E-state index in [0.29, 0.717) is 5.69 Å². The standard InChI is InChI=1S/C15H11ClN2O2S/c16-13-5-1-2-7-15(13)21(19,20)18-14-6-3-4-11-10-17-9-8-12(11)14/h1-10,18H. The van der Waals surface area contributed by atoms with Crippen molar-refractivity contribution in [1.29, 1.82) is 0 Å². The number of sulfonamides is 1. The molecule has 1 heterocycles. The summed E-state index contributed by atoms with van der Waals surface area (Å²) in [6.45, 7) is 0. The average molecular weight is 319 g/mol. The molecule has 0 aliphatic heterocycles. The number of aromatic nitrogens is 1. The molecule has 0 saturated carbocycles. The number of nitrogens with one attached hydrogen (secondary N) is 1. The van der Waals surface area contributed by atoms with Gasteiger partial charge in [0.15, 0.2) is 0 Å². The van der Waals surface area contributed by atoms with Crippen molar-refractivity contribution in [2.75, 3.05) is 4.72 Å². The van der Waals surface area contributed by atoms with E-state index in [4.69, 9.17) is 11.6 Å². The first-order chi connectivity index (χ1) is 10.1. The number of hydrogen-bond donors (Lipinski definition) is 1. The van der Waals surface area contributed by atoms with Crippen molar-refractivity contribution >= 4 is 38.1 Å². The number of pyridine rings is 1. The van der Waals surface area contributed by atoms with Gasteiger partial charge in [-0.1, -0.05) is 35.9 Å². The molecule has 0 spiro atoms. The first-order valence-corrected chi connectivity index (χ1v) is 8.04. The van der Waals surface area contributed by atoms with Crippen molar-refractivity contribution in [3.8, 4) is 0 Å². The highest BCUT2D eigenvalue weighted by atomic mass is 35.5. The van der Waals surface area contributed by atoms with Crippen LogP contribution < -0.4 is 4.72 Å². The van der Waals surface area contributed by atoms with Crippen LogP contribution in [0.3, 0.4) is 0 Å². The van der Waals surface area contributed by atoms with Crippen LogP contribution in [0.15, 0.2) is 65.8 Å². The largest absolute Gasteiger partial charge is 0.279 e. The minimum Gasteiger partial charge on any atom is -0.279 e. The fourth-order valence-electron chi connectivity index (χ4n) is 2.07. The van der Waals surface area contributed by atoms with Gasteiger partial charge in [-0.25, -0.2) is 8.42 Å². The molecule has 0 atom stereocenters. The maximum atomic E-state index is 12.5. The van der Waals surface area contributed by atoms with Crippen LogP contribution >= 0.6 is 11.6 Å². The van der Waals surface area contributed by atoms with Gasteiger partial charge in [0, 0.05) is 23.2 Å². The molecule has 2 aromatic carbocycles. The predicted molar refractivity (Wildman–Crippen MR) is 84.0 cm³/mol. The van der Waals surface area contributed by atoms with Gasteiger partial charge in [-0.2, -0.15) is 0 Å². The Balaban J connectivity index is 2.08. The Kier molecular flexibility index (Phi) is 3.53. The van der Waals surface area contributed by atoms with Gasteiger partial charge >= 0.3 is 0 Å². The van der Waals surface area contributed by atoms with Crippen LogP contribution in [-0.2, 0) is 10.0 Å².